The molecule has 0 aliphatic rings. The quantitative estimate of drug-likeness (QED) is 0.358. The van der Waals surface area contributed by atoms with E-state index in [1.807, 2.05) is 0 Å². The molecule has 2 nitrogen and oxygen atoms in total. The van der Waals surface area contributed by atoms with E-state index in [0.717, 1.165) is 6.54 Å². The van der Waals surface area contributed by atoms with Gasteiger partial charge in [0.05, 0.1) is 0 Å². The van der Waals surface area contributed by atoms with Gasteiger partial charge in [0.25, 0.3) is 0 Å². The minimum absolute atomic E-state index is 0.538. The molecule has 0 amide bonds. The van der Waals surface area contributed by atoms with Gasteiger partial charge in [0.2, 0.25) is 0 Å². The Labute approximate surface area is 95.8 Å². The van der Waals surface area contributed by atoms with Gasteiger partial charge in [-0.1, -0.05) is 46.5 Å². The number of hydrogen-bond donors (Lipinski definition) is 0. The predicted octanol–water partition coefficient (Wildman–Crippen LogP) is 3.57. The van der Waals surface area contributed by atoms with E-state index in [2.05, 4.69) is 44.8 Å². The zero-order chi connectivity index (χ0) is 11.7. The highest BCUT2D eigenvalue weighted by Crippen LogP contribution is 2.04. The lowest BCUT2D eigenvalue weighted by atomic mass is 10.1. The molecule has 0 bridgehead atoms. The number of nitrogens with zero attached hydrogens (tertiary/aromatic N) is 2. The van der Waals surface area contributed by atoms with Crippen LogP contribution < -0.4 is 0 Å². The highest BCUT2D eigenvalue weighted by molar-refractivity contribution is 5.83. The van der Waals surface area contributed by atoms with Crippen LogP contribution in [0.3, 0.4) is 0 Å². The second-order valence-electron chi connectivity index (χ2n) is 4.70. The molecule has 90 valence electrons. The van der Waals surface area contributed by atoms with Crippen LogP contribution in [-0.2, 0) is 0 Å². The molecule has 0 unspecified atom stereocenters. The average Bonchev–Trinajstić information content (AvgIpc) is 2.15. The summed E-state index contributed by atoms with van der Waals surface area (Å²) in [6.07, 6.45) is 6.62. The summed E-state index contributed by atoms with van der Waals surface area (Å²) in [4.78, 5) is 6.80. The molecule has 0 atom stereocenters. The largest absolute Gasteiger partial charge is 0.366 e. The number of amidine groups is 1. The summed E-state index contributed by atoms with van der Waals surface area (Å²) in [5, 5.41) is 0. The van der Waals surface area contributed by atoms with E-state index in [4.69, 9.17) is 0 Å². The van der Waals surface area contributed by atoms with Gasteiger partial charge in [-0.3, -0.25) is 4.99 Å². The molecule has 0 aliphatic carbocycles. The molecule has 0 aromatic carbocycles. The number of unbranched alkanes of at least 4 members (excludes halogenated alkanes) is 4. The Morgan fingerprint density at radius 2 is 1.67 bits per heavy atom. The molecule has 0 spiro atoms. The lowest BCUT2D eigenvalue weighted by molar-refractivity contribution is 0.564. The Hall–Kier alpha value is -0.530. The van der Waals surface area contributed by atoms with E-state index >= 15 is 0 Å². The van der Waals surface area contributed by atoms with Crippen LogP contribution in [-0.4, -0.2) is 31.4 Å². The van der Waals surface area contributed by atoms with Crippen molar-refractivity contribution >= 4 is 5.84 Å². The van der Waals surface area contributed by atoms with Crippen LogP contribution >= 0.6 is 0 Å². The molecule has 0 saturated heterocycles. The maximum Gasteiger partial charge on any atom is 0.101 e. The molecule has 0 aliphatic heterocycles. The molecular weight excluding hydrogens is 184 g/mol. The van der Waals surface area contributed by atoms with Gasteiger partial charge in [-0.25, -0.2) is 0 Å². The Morgan fingerprint density at radius 3 is 2.13 bits per heavy atom. The molecule has 0 radical (unpaired) electrons. The molecule has 0 heterocycles. The zero-order valence-corrected chi connectivity index (χ0v) is 11.2. The monoisotopic (exact) mass is 212 g/mol. The van der Waals surface area contributed by atoms with Gasteiger partial charge in [0.15, 0.2) is 0 Å². The Morgan fingerprint density at radius 1 is 1.07 bits per heavy atom. The van der Waals surface area contributed by atoms with Gasteiger partial charge >= 0.3 is 0 Å². The average molecular weight is 212 g/mol. The van der Waals surface area contributed by atoms with Crippen LogP contribution in [0.25, 0.3) is 0 Å². The van der Waals surface area contributed by atoms with E-state index in [-0.39, 0.29) is 0 Å². The van der Waals surface area contributed by atoms with Gasteiger partial charge in [0, 0.05) is 26.6 Å². The number of hydrogen-bond acceptors (Lipinski definition) is 1. The number of aliphatic imine (C=N–C) groups is 1. The van der Waals surface area contributed by atoms with Crippen LogP contribution in [0.4, 0.5) is 0 Å². The van der Waals surface area contributed by atoms with Crippen molar-refractivity contribution in [2.24, 2.45) is 10.9 Å². The Kier molecular flexibility index (Phi) is 8.44. The maximum atomic E-state index is 4.66. The summed E-state index contributed by atoms with van der Waals surface area (Å²) in [6, 6.07) is 0. The third kappa shape index (κ3) is 7.40. The summed E-state index contributed by atoms with van der Waals surface area (Å²) in [5.74, 6) is 1.76. The minimum Gasteiger partial charge on any atom is -0.366 e. The zero-order valence-electron chi connectivity index (χ0n) is 11.2. The second kappa shape index (κ2) is 8.75. The third-order valence-corrected chi connectivity index (χ3v) is 2.51. The smallest absolute Gasteiger partial charge is 0.101 e. The van der Waals surface area contributed by atoms with E-state index in [1.165, 1.54) is 37.9 Å². The summed E-state index contributed by atoms with van der Waals surface area (Å²) >= 11 is 0. The Bertz CT molecular complexity index is 161. The first-order chi connectivity index (χ1) is 7.09. The van der Waals surface area contributed by atoms with E-state index < -0.39 is 0 Å². The third-order valence-electron chi connectivity index (χ3n) is 2.51. The second-order valence-corrected chi connectivity index (χ2v) is 4.70. The lowest BCUT2D eigenvalue weighted by Gasteiger charge is -2.19. The van der Waals surface area contributed by atoms with Crippen molar-refractivity contribution in [2.45, 2.75) is 52.9 Å². The van der Waals surface area contributed by atoms with Crippen LogP contribution in [0.2, 0.25) is 0 Å². The van der Waals surface area contributed by atoms with Gasteiger partial charge < -0.3 is 4.90 Å². The van der Waals surface area contributed by atoms with Gasteiger partial charge in [0.1, 0.15) is 5.84 Å². The minimum atomic E-state index is 0.538. The Balaban J connectivity index is 3.71. The van der Waals surface area contributed by atoms with Crippen molar-refractivity contribution < 1.29 is 0 Å². The van der Waals surface area contributed by atoms with Crippen molar-refractivity contribution in [2.75, 3.05) is 20.6 Å². The molecule has 0 rings (SSSR count). The predicted molar refractivity (Wildman–Crippen MR) is 69.6 cm³/mol. The van der Waals surface area contributed by atoms with Crippen molar-refractivity contribution in [1.82, 2.24) is 4.90 Å². The fourth-order valence-corrected chi connectivity index (χ4v) is 1.75. The fourth-order valence-electron chi connectivity index (χ4n) is 1.75. The first-order valence-electron chi connectivity index (χ1n) is 6.31. The summed E-state index contributed by atoms with van der Waals surface area (Å²) in [7, 11) is 4.16. The first-order valence-corrected chi connectivity index (χ1v) is 6.31. The van der Waals surface area contributed by atoms with Crippen LogP contribution in [0.5, 0.6) is 0 Å². The van der Waals surface area contributed by atoms with Crippen LogP contribution in [0.1, 0.15) is 52.9 Å². The SMILES string of the molecule is CCCCCCCN=C(C(C)C)N(C)C. The van der Waals surface area contributed by atoms with Gasteiger partial charge in [-0.2, -0.15) is 0 Å². The molecule has 2 heteroatoms. The highest BCUT2D eigenvalue weighted by atomic mass is 15.1. The van der Waals surface area contributed by atoms with Crippen LogP contribution in [0, 0.1) is 5.92 Å². The first kappa shape index (κ1) is 14.5. The molecule has 0 aromatic rings. The molecule has 0 fully saturated rings. The van der Waals surface area contributed by atoms with Gasteiger partial charge in [-0.05, 0) is 6.42 Å². The van der Waals surface area contributed by atoms with E-state index in [0.29, 0.717) is 5.92 Å². The van der Waals surface area contributed by atoms with E-state index in [1.54, 1.807) is 0 Å². The molecular formula is C13H28N2. The fraction of sp³-hybridized carbons (Fsp3) is 0.923. The van der Waals surface area contributed by atoms with Crippen molar-refractivity contribution in [1.29, 1.82) is 0 Å². The molecule has 15 heavy (non-hydrogen) atoms. The lowest BCUT2D eigenvalue weighted by Crippen LogP contribution is -2.27. The summed E-state index contributed by atoms with van der Waals surface area (Å²) in [5.41, 5.74) is 0. The topological polar surface area (TPSA) is 15.6 Å². The highest BCUT2D eigenvalue weighted by Gasteiger charge is 2.05. The summed E-state index contributed by atoms with van der Waals surface area (Å²) in [6.45, 7) is 7.66. The molecule has 0 N–H and O–H groups in total. The number of rotatable bonds is 7. The maximum absolute atomic E-state index is 4.66. The van der Waals surface area contributed by atoms with Crippen molar-refractivity contribution in [3.63, 3.8) is 0 Å². The molecule has 0 aromatic heterocycles. The van der Waals surface area contributed by atoms with Gasteiger partial charge in [-0.15, -0.1) is 0 Å². The normalized spacial score (nSPS) is 12.3. The summed E-state index contributed by atoms with van der Waals surface area (Å²) < 4.78 is 0. The molecule has 0 saturated carbocycles. The van der Waals surface area contributed by atoms with E-state index in [9.17, 15) is 0 Å². The van der Waals surface area contributed by atoms with Crippen molar-refractivity contribution in [3.05, 3.63) is 0 Å². The van der Waals surface area contributed by atoms with Crippen molar-refractivity contribution in [3.8, 4) is 0 Å². The van der Waals surface area contributed by atoms with Crippen LogP contribution in [0.15, 0.2) is 4.99 Å². The standard InChI is InChI=1S/C13H28N2/c1-6-7-8-9-10-11-14-13(12(2)3)15(4)5/h12H,6-11H2,1-5H3.